The maximum Gasteiger partial charge on any atom is 0.225 e. The molecule has 0 unspecified atom stereocenters. The van der Waals surface area contributed by atoms with Crippen LogP contribution in [0.4, 0.5) is 15.9 Å². The van der Waals surface area contributed by atoms with Gasteiger partial charge in [-0.25, -0.2) is 9.37 Å². The lowest BCUT2D eigenvalue weighted by Crippen LogP contribution is -1.98. The summed E-state index contributed by atoms with van der Waals surface area (Å²) in [5, 5.41) is 4.47. The fourth-order valence-electron chi connectivity index (χ4n) is 3.10. The number of halogens is 2. The van der Waals surface area contributed by atoms with Crippen LogP contribution in [0.2, 0.25) is 5.28 Å². The van der Waals surface area contributed by atoms with E-state index in [0.717, 1.165) is 23.1 Å². The van der Waals surface area contributed by atoms with Crippen molar-refractivity contribution in [2.75, 3.05) is 5.32 Å². The molecule has 0 saturated heterocycles. The molecular formula is C17H15ClFN3S. The van der Waals surface area contributed by atoms with E-state index in [-0.39, 0.29) is 11.1 Å². The fourth-order valence-corrected chi connectivity index (χ4v) is 4.58. The van der Waals surface area contributed by atoms with E-state index >= 15 is 0 Å². The van der Waals surface area contributed by atoms with E-state index in [1.165, 1.54) is 41.8 Å². The van der Waals surface area contributed by atoms with Gasteiger partial charge in [-0.15, -0.1) is 11.3 Å². The van der Waals surface area contributed by atoms with Gasteiger partial charge in [-0.2, -0.15) is 4.98 Å². The van der Waals surface area contributed by atoms with Crippen molar-refractivity contribution in [1.82, 2.24) is 9.97 Å². The highest BCUT2D eigenvalue weighted by Gasteiger charge is 2.20. The average Bonchev–Trinajstić information content (AvgIpc) is 2.69. The fraction of sp³-hybridized carbons (Fsp3) is 0.294. The minimum absolute atomic E-state index is 0.216. The number of nitrogens with one attached hydrogen (secondary N) is 1. The quantitative estimate of drug-likeness (QED) is 0.491. The predicted octanol–water partition coefficient (Wildman–Crippen LogP) is 5.50. The smallest absolute Gasteiger partial charge is 0.225 e. The van der Waals surface area contributed by atoms with Crippen molar-refractivity contribution in [3.8, 4) is 0 Å². The van der Waals surface area contributed by atoms with Gasteiger partial charge in [0, 0.05) is 10.6 Å². The zero-order valence-electron chi connectivity index (χ0n) is 12.4. The molecule has 0 aliphatic heterocycles. The number of benzene rings is 1. The van der Waals surface area contributed by atoms with Crippen LogP contribution in [-0.4, -0.2) is 9.97 Å². The lowest BCUT2D eigenvalue weighted by molar-refractivity contribution is 0.628. The Morgan fingerprint density at radius 1 is 1.13 bits per heavy atom. The van der Waals surface area contributed by atoms with Gasteiger partial charge < -0.3 is 5.32 Å². The summed E-state index contributed by atoms with van der Waals surface area (Å²) >= 11 is 7.79. The minimum atomic E-state index is -0.282. The van der Waals surface area contributed by atoms with E-state index in [1.807, 2.05) is 6.07 Å². The Kier molecular flexibility index (Phi) is 3.91. The number of fused-ring (bicyclic) bond motifs is 3. The van der Waals surface area contributed by atoms with Crippen molar-refractivity contribution in [3.63, 3.8) is 0 Å². The van der Waals surface area contributed by atoms with Gasteiger partial charge in [0.25, 0.3) is 0 Å². The van der Waals surface area contributed by atoms with Gasteiger partial charge in [0.15, 0.2) is 0 Å². The van der Waals surface area contributed by atoms with Crippen LogP contribution in [0.3, 0.4) is 0 Å². The molecule has 1 aliphatic rings. The third-order valence-electron chi connectivity index (χ3n) is 4.12. The Morgan fingerprint density at radius 3 is 2.87 bits per heavy atom. The molecule has 6 heteroatoms. The number of aromatic nitrogens is 2. The van der Waals surface area contributed by atoms with Crippen molar-refractivity contribution in [3.05, 3.63) is 45.8 Å². The van der Waals surface area contributed by atoms with Gasteiger partial charge >= 0.3 is 0 Å². The first-order chi connectivity index (χ1) is 11.2. The molecule has 2 aromatic heterocycles. The minimum Gasteiger partial charge on any atom is -0.339 e. The van der Waals surface area contributed by atoms with E-state index < -0.39 is 0 Å². The molecule has 23 heavy (non-hydrogen) atoms. The topological polar surface area (TPSA) is 37.8 Å². The van der Waals surface area contributed by atoms with Crippen LogP contribution in [0.5, 0.6) is 0 Å². The molecule has 4 rings (SSSR count). The van der Waals surface area contributed by atoms with Crippen LogP contribution in [0.25, 0.3) is 10.2 Å². The first-order valence-electron chi connectivity index (χ1n) is 7.71. The maximum atomic E-state index is 13.4. The van der Waals surface area contributed by atoms with Gasteiger partial charge in [0.1, 0.15) is 16.5 Å². The first kappa shape index (κ1) is 14.8. The highest BCUT2D eigenvalue weighted by atomic mass is 35.5. The van der Waals surface area contributed by atoms with Gasteiger partial charge in [0.2, 0.25) is 5.28 Å². The zero-order chi connectivity index (χ0) is 15.8. The van der Waals surface area contributed by atoms with Crippen molar-refractivity contribution in [1.29, 1.82) is 0 Å². The molecule has 1 aromatic carbocycles. The molecule has 0 atom stereocenters. The summed E-state index contributed by atoms with van der Waals surface area (Å²) in [6.07, 6.45) is 5.78. The Labute approximate surface area is 142 Å². The molecule has 2 heterocycles. The molecule has 118 valence electrons. The highest BCUT2D eigenvalue weighted by molar-refractivity contribution is 7.19. The molecular weight excluding hydrogens is 333 g/mol. The van der Waals surface area contributed by atoms with E-state index in [9.17, 15) is 4.39 Å². The number of nitrogens with zero attached hydrogens (tertiary/aromatic N) is 2. The molecule has 0 fully saturated rings. The maximum absolute atomic E-state index is 13.4. The Hall–Kier alpha value is -1.72. The lowest BCUT2D eigenvalue weighted by atomic mass is 10.1. The predicted molar refractivity (Wildman–Crippen MR) is 93.4 cm³/mol. The van der Waals surface area contributed by atoms with Gasteiger partial charge in [0.05, 0.1) is 5.39 Å². The van der Waals surface area contributed by atoms with Crippen molar-refractivity contribution in [2.45, 2.75) is 32.1 Å². The van der Waals surface area contributed by atoms with E-state index in [2.05, 4.69) is 15.3 Å². The van der Waals surface area contributed by atoms with Gasteiger partial charge in [-0.1, -0.05) is 12.5 Å². The number of rotatable bonds is 2. The molecule has 0 amide bonds. The number of aryl methyl sites for hydroxylation is 2. The second kappa shape index (κ2) is 6.06. The average molecular weight is 348 g/mol. The first-order valence-corrected chi connectivity index (χ1v) is 8.90. The number of anilines is 2. The van der Waals surface area contributed by atoms with Gasteiger partial charge in [-0.05, 0) is 61.0 Å². The summed E-state index contributed by atoms with van der Waals surface area (Å²) in [6, 6.07) is 6.36. The monoisotopic (exact) mass is 347 g/mol. The molecule has 3 aromatic rings. The van der Waals surface area contributed by atoms with Crippen molar-refractivity contribution in [2.24, 2.45) is 0 Å². The number of hydrogen-bond donors (Lipinski definition) is 1. The molecule has 1 N–H and O–H groups in total. The standard InChI is InChI=1S/C17H15ClFN3S/c18-17-21-15(20-11-6-4-5-10(19)9-11)14-12-7-2-1-3-8-13(12)23-16(14)22-17/h4-6,9H,1-3,7-8H2,(H,20,21,22). The van der Waals surface area contributed by atoms with E-state index in [4.69, 9.17) is 11.6 Å². The van der Waals surface area contributed by atoms with Crippen LogP contribution >= 0.6 is 22.9 Å². The summed E-state index contributed by atoms with van der Waals surface area (Å²) < 4.78 is 13.4. The Bertz CT molecular complexity index is 878. The van der Waals surface area contributed by atoms with E-state index in [0.29, 0.717) is 11.5 Å². The lowest BCUT2D eigenvalue weighted by Gasteiger charge is -2.09. The summed E-state index contributed by atoms with van der Waals surface area (Å²) in [5.74, 6) is 0.389. The third-order valence-corrected chi connectivity index (χ3v) is 5.48. The molecule has 1 aliphatic carbocycles. The van der Waals surface area contributed by atoms with Crippen molar-refractivity contribution < 1.29 is 4.39 Å². The third kappa shape index (κ3) is 2.91. The second-order valence-corrected chi connectivity index (χ2v) is 7.14. The van der Waals surface area contributed by atoms with Crippen LogP contribution in [-0.2, 0) is 12.8 Å². The Morgan fingerprint density at radius 2 is 2.00 bits per heavy atom. The van der Waals surface area contributed by atoms with Crippen LogP contribution < -0.4 is 5.32 Å². The van der Waals surface area contributed by atoms with Gasteiger partial charge in [-0.3, -0.25) is 0 Å². The number of hydrogen-bond acceptors (Lipinski definition) is 4. The summed E-state index contributed by atoms with van der Waals surface area (Å²) in [6.45, 7) is 0. The number of thiophene rings is 1. The van der Waals surface area contributed by atoms with Crippen LogP contribution in [0.1, 0.15) is 29.7 Å². The molecule has 0 bridgehead atoms. The SMILES string of the molecule is Fc1cccc(Nc2nc(Cl)nc3sc4c(c23)CCCCC4)c1. The molecule has 3 nitrogen and oxygen atoms in total. The summed E-state index contributed by atoms with van der Waals surface area (Å²) in [5.41, 5.74) is 1.99. The highest BCUT2D eigenvalue weighted by Crippen LogP contribution is 2.39. The molecule has 0 spiro atoms. The molecule has 0 saturated carbocycles. The largest absolute Gasteiger partial charge is 0.339 e. The summed E-state index contributed by atoms with van der Waals surface area (Å²) in [4.78, 5) is 11.1. The second-order valence-electron chi connectivity index (χ2n) is 5.72. The van der Waals surface area contributed by atoms with Crippen molar-refractivity contribution >= 4 is 44.7 Å². The van der Waals surface area contributed by atoms with Crippen LogP contribution in [0, 0.1) is 5.82 Å². The summed E-state index contributed by atoms with van der Waals surface area (Å²) in [7, 11) is 0. The van der Waals surface area contributed by atoms with E-state index in [1.54, 1.807) is 17.4 Å². The molecule has 0 radical (unpaired) electrons. The zero-order valence-corrected chi connectivity index (χ0v) is 14.0. The normalized spacial score (nSPS) is 14.5. The van der Waals surface area contributed by atoms with Crippen LogP contribution in [0.15, 0.2) is 24.3 Å². The Balaban J connectivity index is 1.86.